The first kappa shape index (κ1) is 13.6. The monoisotopic (exact) mass is 208 g/mol. The molecule has 0 amide bonds. The van der Waals surface area contributed by atoms with Gasteiger partial charge in [0.05, 0.1) is 14.2 Å². The lowest BCUT2D eigenvalue weighted by molar-refractivity contribution is 0.355. The lowest BCUT2D eigenvalue weighted by Crippen LogP contribution is -1.91. The molecule has 0 N–H and O–H groups in total. The van der Waals surface area contributed by atoms with Gasteiger partial charge in [0.15, 0.2) is 11.5 Å². The van der Waals surface area contributed by atoms with Crippen LogP contribution in [0.2, 0.25) is 0 Å². The fraction of sp³-hybridized carbons (Fsp3) is 0.385. The molecule has 2 heteroatoms. The average Bonchev–Trinajstić information content (AvgIpc) is 2.30. The van der Waals surface area contributed by atoms with Crippen LogP contribution in [0, 0.1) is 0 Å². The maximum Gasteiger partial charge on any atom is 0.161 e. The molecular formula is C13H20O2. The van der Waals surface area contributed by atoms with Crippen LogP contribution in [0.15, 0.2) is 24.8 Å². The molecule has 0 fully saturated rings. The van der Waals surface area contributed by atoms with Gasteiger partial charge in [-0.05, 0) is 24.6 Å². The second kappa shape index (κ2) is 6.93. The zero-order chi connectivity index (χ0) is 11.8. The van der Waals surface area contributed by atoms with E-state index in [1.807, 2.05) is 39.0 Å². The van der Waals surface area contributed by atoms with E-state index in [0.717, 1.165) is 22.6 Å². The van der Waals surface area contributed by atoms with E-state index in [2.05, 4.69) is 6.58 Å². The van der Waals surface area contributed by atoms with E-state index in [4.69, 9.17) is 9.47 Å². The van der Waals surface area contributed by atoms with Gasteiger partial charge >= 0.3 is 0 Å². The molecule has 84 valence electrons. The van der Waals surface area contributed by atoms with Crippen LogP contribution >= 0.6 is 0 Å². The molecule has 1 rings (SSSR count). The molecule has 0 aliphatic heterocycles. The van der Waals surface area contributed by atoms with Crippen molar-refractivity contribution < 1.29 is 9.47 Å². The lowest BCUT2D eigenvalue weighted by Gasteiger charge is -2.08. The van der Waals surface area contributed by atoms with Crippen molar-refractivity contribution >= 4 is 5.57 Å². The predicted molar refractivity (Wildman–Crippen MR) is 65.6 cm³/mol. The Bertz CT molecular complexity index is 316. The van der Waals surface area contributed by atoms with Crippen molar-refractivity contribution in [2.24, 2.45) is 0 Å². The molecule has 0 radical (unpaired) electrons. The van der Waals surface area contributed by atoms with Crippen LogP contribution in [0.1, 0.15) is 26.3 Å². The standard InChI is InChI=1S/C11H14O2.C2H6/c1-8(2)9-5-6-10(12-3)11(7-9)13-4;1-2/h5-7H,1H2,2-4H3;1-2H3. The van der Waals surface area contributed by atoms with E-state index in [-0.39, 0.29) is 0 Å². The quantitative estimate of drug-likeness (QED) is 0.753. The maximum absolute atomic E-state index is 5.16. The third-order valence-corrected chi connectivity index (χ3v) is 1.88. The van der Waals surface area contributed by atoms with Gasteiger partial charge in [-0.1, -0.05) is 32.1 Å². The summed E-state index contributed by atoms with van der Waals surface area (Å²) in [5.74, 6) is 1.48. The van der Waals surface area contributed by atoms with Crippen molar-refractivity contribution in [1.29, 1.82) is 0 Å². The molecule has 0 saturated carbocycles. The first-order valence-electron chi connectivity index (χ1n) is 5.07. The molecule has 0 saturated heterocycles. The Balaban J connectivity index is 0.000000921. The predicted octanol–water partition coefficient (Wildman–Crippen LogP) is 3.76. The Labute approximate surface area is 92.5 Å². The Morgan fingerprint density at radius 3 is 2.00 bits per heavy atom. The molecule has 15 heavy (non-hydrogen) atoms. The van der Waals surface area contributed by atoms with E-state index in [9.17, 15) is 0 Å². The third kappa shape index (κ3) is 3.66. The molecular weight excluding hydrogens is 188 g/mol. The summed E-state index contributed by atoms with van der Waals surface area (Å²) in [6.45, 7) is 9.82. The van der Waals surface area contributed by atoms with Crippen molar-refractivity contribution in [3.8, 4) is 11.5 Å². The number of allylic oxidation sites excluding steroid dienone is 1. The van der Waals surface area contributed by atoms with Crippen LogP contribution in [0.4, 0.5) is 0 Å². The zero-order valence-corrected chi connectivity index (χ0v) is 10.3. The molecule has 0 aromatic heterocycles. The molecule has 1 aromatic rings. The topological polar surface area (TPSA) is 18.5 Å². The Hall–Kier alpha value is -1.44. The Morgan fingerprint density at radius 2 is 1.60 bits per heavy atom. The smallest absolute Gasteiger partial charge is 0.161 e. The highest BCUT2D eigenvalue weighted by atomic mass is 16.5. The number of ether oxygens (including phenoxy) is 2. The van der Waals surface area contributed by atoms with Gasteiger partial charge in [-0.2, -0.15) is 0 Å². The number of hydrogen-bond donors (Lipinski definition) is 0. The second-order valence-corrected chi connectivity index (χ2v) is 2.85. The number of rotatable bonds is 3. The molecule has 0 unspecified atom stereocenters. The zero-order valence-electron chi connectivity index (χ0n) is 10.3. The van der Waals surface area contributed by atoms with E-state index >= 15 is 0 Å². The van der Waals surface area contributed by atoms with E-state index < -0.39 is 0 Å². The van der Waals surface area contributed by atoms with Crippen LogP contribution in [0.25, 0.3) is 5.57 Å². The van der Waals surface area contributed by atoms with Crippen molar-refractivity contribution in [2.45, 2.75) is 20.8 Å². The Morgan fingerprint density at radius 1 is 1.07 bits per heavy atom. The largest absolute Gasteiger partial charge is 0.493 e. The van der Waals surface area contributed by atoms with Crippen molar-refractivity contribution in [2.75, 3.05) is 14.2 Å². The van der Waals surface area contributed by atoms with Crippen LogP contribution in [0.3, 0.4) is 0 Å². The summed E-state index contributed by atoms with van der Waals surface area (Å²) in [6, 6.07) is 5.76. The van der Waals surface area contributed by atoms with Crippen molar-refractivity contribution in [3.05, 3.63) is 30.3 Å². The minimum absolute atomic E-state index is 0.739. The summed E-state index contributed by atoms with van der Waals surface area (Å²) >= 11 is 0. The fourth-order valence-corrected chi connectivity index (χ4v) is 1.10. The van der Waals surface area contributed by atoms with Crippen LogP contribution in [-0.4, -0.2) is 14.2 Å². The van der Waals surface area contributed by atoms with Gasteiger partial charge in [0.25, 0.3) is 0 Å². The summed E-state index contributed by atoms with van der Waals surface area (Å²) in [5, 5.41) is 0. The first-order chi connectivity index (χ1) is 7.19. The summed E-state index contributed by atoms with van der Waals surface area (Å²) in [5.41, 5.74) is 2.08. The van der Waals surface area contributed by atoms with Gasteiger partial charge in [-0.15, -0.1) is 0 Å². The number of methoxy groups -OCH3 is 2. The van der Waals surface area contributed by atoms with Gasteiger partial charge in [-0.25, -0.2) is 0 Å². The molecule has 0 bridgehead atoms. The van der Waals surface area contributed by atoms with Crippen molar-refractivity contribution in [3.63, 3.8) is 0 Å². The molecule has 0 heterocycles. The molecule has 1 aromatic carbocycles. The number of benzene rings is 1. The minimum atomic E-state index is 0.739. The second-order valence-electron chi connectivity index (χ2n) is 2.85. The SMILES string of the molecule is C=C(C)c1ccc(OC)c(OC)c1.CC. The van der Waals surface area contributed by atoms with Crippen molar-refractivity contribution in [1.82, 2.24) is 0 Å². The van der Waals surface area contributed by atoms with Gasteiger partial charge < -0.3 is 9.47 Å². The highest BCUT2D eigenvalue weighted by molar-refractivity contribution is 5.64. The highest BCUT2D eigenvalue weighted by Crippen LogP contribution is 2.29. The molecule has 0 aliphatic rings. The van der Waals surface area contributed by atoms with E-state index in [1.165, 1.54) is 0 Å². The van der Waals surface area contributed by atoms with Gasteiger partial charge in [0.1, 0.15) is 0 Å². The lowest BCUT2D eigenvalue weighted by atomic mass is 10.1. The normalized spacial score (nSPS) is 8.60. The summed E-state index contributed by atoms with van der Waals surface area (Å²) in [4.78, 5) is 0. The molecule has 0 spiro atoms. The fourth-order valence-electron chi connectivity index (χ4n) is 1.10. The van der Waals surface area contributed by atoms with Crippen LogP contribution in [0.5, 0.6) is 11.5 Å². The molecule has 0 atom stereocenters. The average molecular weight is 208 g/mol. The van der Waals surface area contributed by atoms with Crippen LogP contribution in [-0.2, 0) is 0 Å². The van der Waals surface area contributed by atoms with Gasteiger partial charge in [0, 0.05) is 0 Å². The summed E-state index contributed by atoms with van der Waals surface area (Å²) in [6.07, 6.45) is 0. The van der Waals surface area contributed by atoms with Crippen LogP contribution < -0.4 is 9.47 Å². The molecule has 2 nitrogen and oxygen atoms in total. The minimum Gasteiger partial charge on any atom is -0.493 e. The highest BCUT2D eigenvalue weighted by Gasteiger charge is 2.03. The Kier molecular flexibility index (Phi) is 6.27. The first-order valence-corrected chi connectivity index (χ1v) is 5.07. The van der Waals surface area contributed by atoms with Gasteiger partial charge in [-0.3, -0.25) is 0 Å². The van der Waals surface area contributed by atoms with Gasteiger partial charge in [0.2, 0.25) is 0 Å². The summed E-state index contributed by atoms with van der Waals surface area (Å²) < 4.78 is 10.3. The third-order valence-electron chi connectivity index (χ3n) is 1.88. The van der Waals surface area contributed by atoms with E-state index in [1.54, 1.807) is 14.2 Å². The number of hydrogen-bond acceptors (Lipinski definition) is 2. The summed E-state index contributed by atoms with van der Waals surface area (Å²) in [7, 11) is 3.25. The molecule has 0 aliphatic carbocycles. The maximum atomic E-state index is 5.16. The van der Waals surface area contributed by atoms with E-state index in [0.29, 0.717) is 0 Å².